The summed E-state index contributed by atoms with van der Waals surface area (Å²) in [7, 11) is 0. The molecule has 0 fully saturated rings. The monoisotopic (exact) mass is 281 g/mol. The molecule has 1 aliphatic rings. The number of rotatable bonds is 0. The van der Waals surface area contributed by atoms with E-state index in [0.29, 0.717) is 14.5 Å². The first kappa shape index (κ1) is 10.4. The van der Waals surface area contributed by atoms with Gasteiger partial charge in [-0.05, 0) is 0 Å². The van der Waals surface area contributed by atoms with Crippen LogP contribution in [0, 0.1) is 0 Å². The summed E-state index contributed by atoms with van der Waals surface area (Å²) >= 11 is 0.512. The molecule has 0 saturated carbocycles. The average Bonchev–Trinajstić information content (AvgIpc) is 2.73. The Morgan fingerprint density at radius 2 is 2.25 bits per heavy atom. The zero-order chi connectivity index (χ0) is 10.8. The van der Waals surface area contributed by atoms with Gasteiger partial charge in [-0.25, -0.2) is 0 Å². The summed E-state index contributed by atoms with van der Waals surface area (Å²) < 4.78 is 7.37. The molecule has 0 unspecified atom stereocenters. The summed E-state index contributed by atoms with van der Waals surface area (Å²) in [5.41, 5.74) is 1.49. The zero-order valence-electron chi connectivity index (χ0n) is 9.16. The molecule has 2 heterocycles. The van der Waals surface area contributed by atoms with Crippen molar-refractivity contribution in [3.05, 3.63) is 28.7 Å². The van der Waals surface area contributed by atoms with Crippen molar-refractivity contribution < 1.29 is 4.74 Å². The molecule has 84 valence electrons. The molecule has 3 heteroatoms. The van der Waals surface area contributed by atoms with Gasteiger partial charge in [0, 0.05) is 0 Å². The van der Waals surface area contributed by atoms with Crippen LogP contribution in [0.5, 0.6) is 5.75 Å². The maximum absolute atomic E-state index is 5.88. The van der Waals surface area contributed by atoms with E-state index in [2.05, 4.69) is 28.5 Å². The number of ether oxygens (including phenoxy) is 1. The Morgan fingerprint density at radius 3 is 3.25 bits per heavy atom. The van der Waals surface area contributed by atoms with Gasteiger partial charge in [0.15, 0.2) is 0 Å². The van der Waals surface area contributed by atoms with Crippen LogP contribution in [0.3, 0.4) is 0 Å². The first-order valence-corrected chi connectivity index (χ1v) is 7.62. The second kappa shape index (κ2) is 4.62. The molecule has 0 aliphatic carbocycles. The van der Waals surface area contributed by atoms with Gasteiger partial charge in [-0.2, -0.15) is 0 Å². The summed E-state index contributed by atoms with van der Waals surface area (Å²) in [5, 5.41) is 4.85. The van der Waals surface area contributed by atoms with Crippen molar-refractivity contribution in [3.8, 4) is 5.75 Å². The van der Waals surface area contributed by atoms with Crippen LogP contribution in [0.4, 0.5) is 0 Å². The van der Waals surface area contributed by atoms with E-state index in [0.717, 1.165) is 38.3 Å². The molecule has 2 aromatic rings. The van der Waals surface area contributed by atoms with Crippen LogP contribution in [0.15, 0.2) is 23.1 Å². The fourth-order valence-electron chi connectivity index (χ4n) is 2.15. The second-order valence-corrected chi connectivity index (χ2v) is 6.00. The molecule has 16 heavy (non-hydrogen) atoms. The third-order valence-corrected chi connectivity index (χ3v) is 5.05. The van der Waals surface area contributed by atoms with E-state index in [9.17, 15) is 0 Å². The molecule has 1 N–H and O–H groups in total. The van der Waals surface area contributed by atoms with Crippen molar-refractivity contribution >= 4 is 24.1 Å². The molecule has 1 aliphatic heterocycles. The molecule has 0 atom stereocenters. The summed E-state index contributed by atoms with van der Waals surface area (Å²) in [5.74, 6) is 1.10. The number of hydrogen-bond donors (Lipinski definition) is 1. The summed E-state index contributed by atoms with van der Waals surface area (Å²) in [6, 6.07) is 6.48. The fourth-order valence-corrected chi connectivity index (χ4v) is 4.27. The summed E-state index contributed by atoms with van der Waals surface area (Å²) in [4.78, 5) is 2.41. The Kier molecular flexibility index (Phi) is 3.00. The van der Waals surface area contributed by atoms with Crippen LogP contribution in [-0.2, 0) is 6.42 Å². The minimum atomic E-state index is 0.512. The topological polar surface area (TPSA) is 21.3 Å². The molecule has 0 saturated heterocycles. The van der Waals surface area contributed by atoms with Gasteiger partial charge in [-0.3, -0.25) is 0 Å². The van der Waals surface area contributed by atoms with Crippen LogP contribution in [0.2, 0.25) is 0 Å². The number of nitrogens with one attached hydrogen (secondary N) is 1. The molecule has 0 spiro atoms. The molecule has 1 aromatic heterocycles. The Hall–Kier alpha value is -0.761. The van der Waals surface area contributed by atoms with Crippen molar-refractivity contribution in [2.24, 2.45) is 0 Å². The van der Waals surface area contributed by atoms with Crippen molar-refractivity contribution in [2.45, 2.75) is 12.8 Å². The van der Waals surface area contributed by atoms with Crippen molar-refractivity contribution in [2.75, 3.05) is 19.7 Å². The predicted molar refractivity (Wildman–Crippen MR) is 67.6 cm³/mol. The standard InChI is InChI=1S/C13H15NOSe/c1-3-11-13-10(9-16-12(13)4-1)5-7-14-6-2-8-15-11/h1,3-4,9,14H,2,5-8H2. The van der Waals surface area contributed by atoms with Gasteiger partial charge in [-0.1, -0.05) is 0 Å². The van der Waals surface area contributed by atoms with Crippen LogP contribution in [-0.4, -0.2) is 34.2 Å². The second-order valence-electron chi connectivity index (χ2n) is 4.09. The van der Waals surface area contributed by atoms with Crippen LogP contribution in [0.1, 0.15) is 12.0 Å². The predicted octanol–water partition coefficient (Wildman–Crippen LogP) is 1.81. The molecule has 2 nitrogen and oxygen atoms in total. The molecular formula is C13H15NOSe. The van der Waals surface area contributed by atoms with Crippen LogP contribution >= 0.6 is 0 Å². The molecule has 0 amide bonds. The van der Waals surface area contributed by atoms with E-state index >= 15 is 0 Å². The summed E-state index contributed by atoms with van der Waals surface area (Å²) in [6.07, 6.45) is 2.23. The van der Waals surface area contributed by atoms with E-state index in [4.69, 9.17) is 4.74 Å². The molecular weight excluding hydrogens is 265 g/mol. The first-order chi connectivity index (χ1) is 7.95. The Balaban J connectivity index is 2.10. The van der Waals surface area contributed by atoms with Crippen LogP contribution < -0.4 is 10.1 Å². The van der Waals surface area contributed by atoms with Gasteiger partial charge >= 0.3 is 101 Å². The third-order valence-electron chi connectivity index (χ3n) is 2.96. The van der Waals surface area contributed by atoms with E-state index in [1.54, 1.807) is 0 Å². The van der Waals surface area contributed by atoms with Crippen LogP contribution in [0.25, 0.3) is 9.65 Å². The van der Waals surface area contributed by atoms with Crippen molar-refractivity contribution in [1.29, 1.82) is 0 Å². The molecule has 0 bridgehead atoms. The average molecular weight is 280 g/mol. The van der Waals surface area contributed by atoms with E-state index in [-0.39, 0.29) is 0 Å². The Morgan fingerprint density at radius 1 is 1.25 bits per heavy atom. The molecule has 1 aromatic carbocycles. The van der Waals surface area contributed by atoms with Gasteiger partial charge in [0.1, 0.15) is 0 Å². The number of benzene rings is 1. The third kappa shape index (κ3) is 1.91. The minimum absolute atomic E-state index is 0.512. The molecule has 3 rings (SSSR count). The van der Waals surface area contributed by atoms with E-state index < -0.39 is 0 Å². The maximum atomic E-state index is 5.88. The normalized spacial score (nSPS) is 17.0. The van der Waals surface area contributed by atoms with E-state index in [1.165, 1.54) is 15.2 Å². The quantitative estimate of drug-likeness (QED) is 0.743. The summed E-state index contributed by atoms with van der Waals surface area (Å²) in [6.45, 7) is 2.98. The Labute approximate surface area is 101 Å². The fraction of sp³-hybridized carbons (Fsp3) is 0.385. The van der Waals surface area contributed by atoms with Gasteiger partial charge in [0.25, 0.3) is 0 Å². The van der Waals surface area contributed by atoms with Gasteiger partial charge < -0.3 is 0 Å². The Bertz CT molecular complexity index is 492. The zero-order valence-corrected chi connectivity index (χ0v) is 10.9. The SMILES string of the molecule is c1cc2c3c(c[se]c3c1)CCNCCCO2. The van der Waals surface area contributed by atoms with Gasteiger partial charge in [-0.15, -0.1) is 0 Å². The molecule has 0 radical (unpaired) electrons. The first-order valence-electron chi connectivity index (χ1n) is 5.78. The van der Waals surface area contributed by atoms with Crippen molar-refractivity contribution in [1.82, 2.24) is 5.32 Å². The van der Waals surface area contributed by atoms with Gasteiger partial charge in [0.05, 0.1) is 0 Å². The number of hydrogen-bond acceptors (Lipinski definition) is 2. The van der Waals surface area contributed by atoms with Crippen molar-refractivity contribution in [3.63, 3.8) is 0 Å². The van der Waals surface area contributed by atoms with E-state index in [1.807, 2.05) is 0 Å². The van der Waals surface area contributed by atoms with Gasteiger partial charge in [0.2, 0.25) is 0 Å².